The van der Waals surface area contributed by atoms with Crippen LogP contribution in [0.1, 0.15) is 18.6 Å². The molecule has 3 rings (SSSR count). The van der Waals surface area contributed by atoms with Crippen molar-refractivity contribution in [2.75, 3.05) is 13.2 Å². The summed E-state index contributed by atoms with van der Waals surface area (Å²) in [6, 6.07) is 10.3. The van der Waals surface area contributed by atoms with E-state index in [1.807, 2.05) is 18.2 Å². The van der Waals surface area contributed by atoms with Crippen LogP contribution in [0, 0.1) is 0 Å². The Kier molecular flexibility index (Phi) is 2.48. The van der Waals surface area contributed by atoms with Gasteiger partial charge in [-0.3, -0.25) is 0 Å². The summed E-state index contributed by atoms with van der Waals surface area (Å²) in [5.41, 5.74) is 1.15. The molecule has 2 saturated heterocycles. The lowest BCUT2D eigenvalue weighted by Crippen LogP contribution is -2.51. The summed E-state index contributed by atoms with van der Waals surface area (Å²) in [6.07, 6.45) is -0.000648. The molecule has 16 heavy (non-hydrogen) atoms. The van der Waals surface area contributed by atoms with Crippen molar-refractivity contribution in [2.24, 2.45) is 0 Å². The van der Waals surface area contributed by atoms with Crippen molar-refractivity contribution in [2.45, 2.75) is 19.1 Å². The number of hydrogen-bond donors (Lipinski definition) is 1. The van der Waals surface area contributed by atoms with Crippen LogP contribution >= 0.6 is 0 Å². The van der Waals surface area contributed by atoms with E-state index >= 15 is 0 Å². The molecule has 0 radical (unpaired) electrons. The van der Waals surface area contributed by atoms with E-state index in [0.717, 1.165) is 5.56 Å². The molecule has 0 saturated carbocycles. The van der Waals surface area contributed by atoms with Crippen molar-refractivity contribution in [1.82, 2.24) is 5.23 Å². The molecule has 1 aromatic carbocycles. The van der Waals surface area contributed by atoms with Gasteiger partial charge in [-0.1, -0.05) is 37.3 Å². The second-order valence-electron chi connectivity index (χ2n) is 4.31. The largest absolute Gasteiger partial charge is 0.528 e. The van der Waals surface area contributed by atoms with Crippen molar-refractivity contribution in [3.63, 3.8) is 0 Å². The lowest BCUT2D eigenvalue weighted by molar-refractivity contribution is 0.117. The van der Waals surface area contributed by atoms with Gasteiger partial charge in [0.05, 0.1) is 6.10 Å². The molecule has 0 aromatic heterocycles. The molecule has 1 N–H and O–H groups in total. The molecular formula is C11H15BNO3-. The predicted molar refractivity (Wildman–Crippen MR) is 60.5 cm³/mol. The molecule has 2 atom stereocenters. The van der Waals surface area contributed by atoms with Gasteiger partial charge in [0.25, 0.3) is 0 Å². The maximum absolute atomic E-state index is 5.92. The van der Waals surface area contributed by atoms with Crippen LogP contribution in [0.3, 0.4) is 0 Å². The van der Waals surface area contributed by atoms with Gasteiger partial charge < -0.3 is 19.2 Å². The Balaban J connectivity index is 1.83. The Labute approximate surface area is 94.9 Å². The zero-order valence-electron chi connectivity index (χ0n) is 9.26. The maximum atomic E-state index is 5.92. The minimum atomic E-state index is -1.70. The molecule has 86 valence electrons. The number of hydrogen-bond acceptors (Lipinski definition) is 4. The van der Waals surface area contributed by atoms with E-state index in [1.54, 1.807) is 0 Å². The van der Waals surface area contributed by atoms with Crippen LogP contribution < -0.4 is 5.23 Å². The molecule has 2 aliphatic heterocycles. The summed E-state index contributed by atoms with van der Waals surface area (Å²) in [4.78, 5) is 0. The quantitative estimate of drug-likeness (QED) is 0.722. The van der Waals surface area contributed by atoms with E-state index in [9.17, 15) is 0 Å². The molecule has 0 aliphatic carbocycles. The van der Waals surface area contributed by atoms with Crippen molar-refractivity contribution in [3.8, 4) is 0 Å². The van der Waals surface area contributed by atoms with Gasteiger partial charge in [0.15, 0.2) is 0 Å². The number of rotatable bonds is 1. The highest BCUT2D eigenvalue weighted by Crippen LogP contribution is 2.33. The van der Waals surface area contributed by atoms with Crippen LogP contribution in [0.4, 0.5) is 0 Å². The maximum Gasteiger partial charge on any atom is 0.462 e. The van der Waals surface area contributed by atoms with Crippen LogP contribution in [0.5, 0.6) is 0 Å². The molecule has 0 bridgehead atoms. The SMILES string of the molecule is C[C@@H]1N[B-]2(OCCO2)O[C@@H]1c1ccccc1. The van der Waals surface area contributed by atoms with Crippen LogP contribution in [0.25, 0.3) is 0 Å². The highest BCUT2D eigenvalue weighted by molar-refractivity contribution is 6.59. The van der Waals surface area contributed by atoms with Gasteiger partial charge in [-0.05, 0) is 5.56 Å². The van der Waals surface area contributed by atoms with Crippen molar-refractivity contribution >= 4 is 6.89 Å². The molecule has 2 fully saturated rings. The first-order chi connectivity index (χ1) is 7.79. The van der Waals surface area contributed by atoms with Crippen molar-refractivity contribution in [1.29, 1.82) is 0 Å². The average Bonchev–Trinajstić information content (AvgIpc) is 2.88. The summed E-state index contributed by atoms with van der Waals surface area (Å²) in [5.74, 6) is 0. The second-order valence-corrected chi connectivity index (χ2v) is 4.31. The fraction of sp³-hybridized carbons (Fsp3) is 0.455. The minimum absolute atomic E-state index is 0.000648. The zero-order valence-corrected chi connectivity index (χ0v) is 9.26. The van der Waals surface area contributed by atoms with Gasteiger partial charge in [0.2, 0.25) is 0 Å². The molecule has 1 spiro atoms. The molecule has 2 aliphatic rings. The smallest absolute Gasteiger partial charge is 0.462 e. The fourth-order valence-electron chi connectivity index (χ4n) is 2.40. The summed E-state index contributed by atoms with van der Waals surface area (Å²) >= 11 is 0. The summed E-state index contributed by atoms with van der Waals surface area (Å²) in [7, 11) is 0. The number of benzene rings is 1. The fourth-order valence-corrected chi connectivity index (χ4v) is 2.40. The third kappa shape index (κ3) is 1.66. The Hall–Kier alpha value is -0.875. The van der Waals surface area contributed by atoms with Crippen LogP contribution in [0.2, 0.25) is 0 Å². The normalized spacial score (nSPS) is 32.3. The molecule has 5 heteroatoms. The molecular weight excluding hydrogens is 205 g/mol. The molecule has 4 nitrogen and oxygen atoms in total. The van der Waals surface area contributed by atoms with E-state index in [1.165, 1.54) is 0 Å². The minimum Gasteiger partial charge on any atom is -0.528 e. The van der Waals surface area contributed by atoms with E-state index in [4.69, 9.17) is 14.0 Å². The van der Waals surface area contributed by atoms with E-state index in [-0.39, 0.29) is 12.1 Å². The lowest BCUT2D eigenvalue weighted by atomic mass is 9.99. The van der Waals surface area contributed by atoms with Crippen molar-refractivity contribution < 1.29 is 14.0 Å². The summed E-state index contributed by atoms with van der Waals surface area (Å²) < 4.78 is 17.0. The second kappa shape index (κ2) is 3.85. The Morgan fingerprint density at radius 2 is 1.88 bits per heavy atom. The van der Waals surface area contributed by atoms with Crippen LogP contribution in [-0.2, 0) is 14.0 Å². The van der Waals surface area contributed by atoms with Gasteiger partial charge in [0, 0.05) is 19.3 Å². The lowest BCUT2D eigenvalue weighted by Gasteiger charge is -2.29. The summed E-state index contributed by atoms with van der Waals surface area (Å²) in [6.45, 7) is 1.58. The standard InChI is InChI=1S/C11H15BNO3/c1-9-11(10-5-3-2-4-6-10)16-12(13-9)14-7-8-15-12/h2-6,9,11,13H,7-8H2,1H3/q-1/t9-,11-/m0/s1. The highest BCUT2D eigenvalue weighted by Gasteiger charge is 2.45. The zero-order chi connectivity index (χ0) is 11.0. The topological polar surface area (TPSA) is 39.7 Å². The Bertz CT molecular complexity index is 367. The van der Waals surface area contributed by atoms with E-state index in [0.29, 0.717) is 13.2 Å². The average molecular weight is 220 g/mol. The summed E-state index contributed by atoms with van der Waals surface area (Å²) in [5, 5.41) is 3.27. The molecule has 1 aromatic rings. The van der Waals surface area contributed by atoms with Gasteiger partial charge in [-0.15, -0.1) is 0 Å². The van der Waals surface area contributed by atoms with Gasteiger partial charge >= 0.3 is 6.89 Å². The van der Waals surface area contributed by atoms with Crippen molar-refractivity contribution in [3.05, 3.63) is 35.9 Å². The first-order valence-corrected chi connectivity index (χ1v) is 5.71. The first kappa shape index (κ1) is 10.3. The number of nitrogens with one attached hydrogen (secondary N) is 1. The third-order valence-corrected chi connectivity index (χ3v) is 3.13. The van der Waals surface area contributed by atoms with E-state index < -0.39 is 6.89 Å². The predicted octanol–water partition coefficient (Wildman–Crippen LogP) is 1.22. The van der Waals surface area contributed by atoms with E-state index in [2.05, 4.69) is 24.3 Å². The molecule has 2 heterocycles. The monoisotopic (exact) mass is 220 g/mol. The van der Waals surface area contributed by atoms with Gasteiger partial charge in [-0.25, -0.2) is 0 Å². The molecule has 0 amide bonds. The third-order valence-electron chi connectivity index (χ3n) is 3.13. The van der Waals surface area contributed by atoms with Crippen LogP contribution in [-0.4, -0.2) is 26.1 Å². The highest BCUT2D eigenvalue weighted by atomic mass is 16.8. The van der Waals surface area contributed by atoms with Gasteiger partial charge in [0.1, 0.15) is 0 Å². The molecule has 0 unspecified atom stereocenters. The first-order valence-electron chi connectivity index (χ1n) is 5.71. The Morgan fingerprint density at radius 1 is 1.19 bits per heavy atom. The Morgan fingerprint density at radius 3 is 2.56 bits per heavy atom. The van der Waals surface area contributed by atoms with Crippen LogP contribution in [0.15, 0.2) is 30.3 Å². The van der Waals surface area contributed by atoms with Gasteiger partial charge in [-0.2, -0.15) is 0 Å².